The first-order valence-electron chi connectivity index (χ1n) is 6.61. The van der Waals surface area contributed by atoms with Crippen molar-refractivity contribution in [1.29, 1.82) is 0 Å². The smallest absolute Gasteiger partial charge is 0.329 e. The number of benzene rings is 1. The summed E-state index contributed by atoms with van der Waals surface area (Å²) in [6.45, 7) is 4.59. The highest BCUT2D eigenvalue weighted by Gasteiger charge is 2.10. The largest absolute Gasteiger partial charge is 0.490 e. The standard InChI is InChI=1S/C15H19N3O4/c1-3-9-22-13-6-4-12(5-7-13)11-17-18-15(20)14(19)16-8-10-21-2/h3-7,11H,1,8-10H2,2H3,(H,16,19)(H,18,20)/b17-11+. The molecule has 1 aromatic rings. The number of nitrogens with zero attached hydrogens (tertiary/aromatic N) is 1. The average molecular weight is 305 g/mol. The monoisotopic (exact) mass is 305 g/mol. The number of hydrogen-bond donors (Lipinski definition) is 2. The van der Waals surface area contributed by atoms with Gasteiger partial charge < -0.3 is 14.8 Å². The van der Waals surface area contributed by atoms with Gasteiger partial charge in [0.1, 0.15) is 12.4 Å². The lowest BCUT2D eigenvalue weighted by atomic mass is 10.2. The fraction of sp³-hybridized carbons (Fsp3) is 0.267. The lowest BCUT2D eigenvalue weighted by Gasteiger charge is -2.03. The summed E-state index contributed by atoms with van der Waals surface area (Å²) >= 11 is 0. The highest BCUT2D eigenvalue weighted by atomic mass is 16.5. The van der Waals surface area contributed by atoms with Gasteiger partial charge in [-0.25, -0.2) is 5.43 Å². The highest BCUT2D eigenvalue weighted by molar-refractivity contribution is 6.35. The minimum Gasteiger partial charge on any atom is -0.490 e. The zero-order chi connectivity index (χ0) is 16.2. The predicted octanol–water partition coefficient (Wildman–Crippen LogP) is 0.464. The third-order valence-corrected chi connectivity index (χ3v) is 2.43. The van der Waals surface area contributed by atoms with Crippen LogP contribution in [0.5, 0.6) is 5.75 Å². The Hall–Kier alpha value is -2.67. The molecule has 1 aromatic carbocycles. The third-order valence-electron chi connectivity index (χ3n) is 2.43. The summed E-state index contributed by atoms with van der Waals surface area (Å²) < 4.78 is 10.1. The molecule has 0 heterocycles. The van der Waals surface area contributed by atoms with E-state index in [1.807, 2.05) is 0 Å². The molecule has 0 aromatic heterocycles. The Morgan fingerprint density at radius 3 is 2.64 bits per heavy atom. The van der Waals surface area contributed by atoms with Gasteiger partial charge in [-0.05, 0) is 29.8 Å². The van der Waals surface area contributed by atoms with Crippen molar-refractivity contribution in [3.8, 4) is 5.75 Å². The van der Waals surface area contributed by atoms with E-state index in [4.69, 9.17) is 9.47 Å². The molecule has 22 heavy (non-hydrogen) atoms. The number of ether oxygens (including phenoxy) is 2. The van der Waals surface area contributed by atoms with Crippen molar-refractivity contribution < 1.29 is 19.1 Å². The maximum Gasteiger partial charge on any atom is 0.329 e. The second-order valence-corrected chi connectivity index (χ2v) is 4.12. The number of carbonyl (C=O) groups excluding carboxylic acids is 2. The zero-order valence-corrected chi connectivity index (χ0v) is 12.4. The second-order valence-electron chi connectivity index (χ2n) is 4.12. The lowest BCUT2D eigenvalue weighted by Crippen LogP contribution is -2.39. The maximum atomic E-state index is 11.4. The fourth-order valence-electron chi connectivity index (χ4n) is 1.37. The van der Waals surface area contributed by atoms with Crippen LogP contribution in [-0.2, 0) is 14.3 Å². The lowest BCUT2D eigenvalue weighted by molar-refractivity contribution is -0.139. The molecule has 0 radical (unpaired) electrons. The number of rotatable bonds is 8. The maximum absolute atomic E-state index is 11.4. The van der Waals surface area contributed by atoms with Gasteiger partial charge in [0.25, 0.3) is 0 Å². The molecule has 0 unspecified atom stereocenters. The molecule has 2 amide bonds. The highest BCUT2D eigenvalue weighted by Crippen LogP contribution is 2.10. The summed E-state index contributed by atoms with van der Waals surface area (Å²) in [5.41, 5.74) is 2.90. The molecular formula is C15H19N3O4. The number of carbonyl (C=O) groups is 2. The van der Waals surface area contributed by atoms with Crippen LogP contribution < -0.4 is 15.5 Å². The van der Waals surface area contributed by atoms with Gasteiger partial charge in [-0.2, -0.15) is 5.10 Å². The van der Waals surface area contributed by atoms with Crippen molar-refractivity contribution in [2.24, 2.45) is 5.10 Å². The Balaban J connectivity index is 2.39. The minimum absolute atomic E-state index is 0.263. The van der Waals surface area contributed by atoms with Crippen molar-refractivity contribution in [2.75, 3.05) is 26.9 Å². The summed E-state index contributed by atoms with van der Waals surface area (Å²) in [5, 5.41) is 6.09. The van der Waals surface area contributed by atoms with Gasteiger partial charge in [-0.15, -0.1) is 0 Å². The molecule has 0 bridgehead atoms. The van der Waals surface area contributed by atoms with Crippen LogP contribution in [0.25, 0.3) is 0 Å². The van der Waals surface area contributed by atoms with Crippen LogP contribution in [0.15, 0.2) is 42.0 Å². The van der Waals surface area contributed by atoms with Crippen molar-refractivity contribution in [1.82, 2.24) is 10.7 Å². The molecule has 118 valence electrons. The Morgan fingerprint density at radius 1 is 1.27 bits per heavy atom. The van der Waals surface area contributed by atoms with Gasteiger partial charge in [0, 0.05) is 13.7 Å². The van der Waals surface area contributed by atoms with Crippen LogP contribution in [0.1, 0.15) is 5.56 Å². The average Bonchev–Trinajstić information content (AvgIpc) is 2.54. The topological polar surface area (TPSA) is 89.0 Å². The third kappa shape index (κ3) is 6.67. The van der Waals surface area contributed by atoms with E-state index in [1.54, 1.807) is 30.3 Å². The van der Waals surface area contributed by atoms with E-state index >= 15 is 0 Å². The van der Waals surface area contributed by atoms with Crippen molar-refractivity contribution in [2.45, 2.75) is 0 Å². The zero-order valence-electron chi connectivity index (χ0n) is 12.4. The fourth-order valence-corrected chi connectivity index (χ4v) is 1.37. The molecule has 0 atom stereocenters. The van der Waals surface area contributed by atoms with Gasteiger partial charge in [0.05, 0.1) is 12.8 Å². The Morgan fingerprint density at radius 2 is 2.00 bits per heavy atom. The van der Waals surface area contributed by atoms with Gasteiger partial charge >= 0.3 is 11.8 Å². The Bertz CT molecular complexity index is 526. The van der Waals surface area contributed by atoms with E-state index in [0.717, 1.165) is 5.56 Å². The molecule has 1 rings (SSSR count). The number of methoxy groups -OCH3 is 1. The molecule has 0 aliphatic carbocycles. The van der Waals surface area contributed by atoms with Gasteiger partial charge in [-0.3, -0.25) is 9.59 Å². The molecular weight excluding hydrogens is 286 g/mol. The van der Waals surface area contributed by atoms with Crippen LogP contribution in [-0.4, -0.2) is 44.9 Å². The van der Waals surface area contributed by atoms with Crippen LogP contribution >= 0.6 is 0 Å². The molecule has 2 N–H and O–H groups in total. The molecule has 7 heteroatoms. The Kier molecular flexibility index (Phi) is 7.99. The normalized spacial score (nSPS) is 10.2. The van der Waals surface area contributed by atoms with Crippen LogP contribution in [0.2, 0.25) is 0 Å². The number of hydrazone groups is 1. The summed E-state index contributed by atoms with van der Waals surface area (Å²) in [4.78, 5) is 22.7. The SMILES string of the molecule is C=CCOc1ccc(/C=N/NC(=O)C(=O)NCCOC)cc1. The van der Waals surface area contributed by atoms with Crippen LogP contribution in [0, 0.1) is 0 Å². The number of nitrogens with one attached hydrogen (secondary N) is 2. The van der Waals surface area contributed by atoms with E-state index in [0.29, 0.717) is 19.0 Å². The molecule has 0 saturated carbocycles. The van der Waals surface area contributed by atoms with Crippen LogP contribution in [0.4, 0.5) is 0 Å². The van der Waals surface area contributed by atoms with E-state index < -0.39 is 11.8 Å². The van der Waals surface area contributed by atoms with Gasteiger partial charge in [-0.1, -0.05) is 12.7 Å². The Labute approximate surface area is 129 Å². The predicted molar refractivity (Wildman–Crippen MR) is 82.8 cm³/mol. The van der Waals surface area contributed by atoms with Crippen molar-refractivity contribution in [3.05, 3.63) is 42.5 Å². The van der Waals surface area contributed by atoms with Crippen LogP contribution in [0.3, 0.4) is 0 Å². The van der Waals surface area contributed by atoms with E-state index in [-0.39, 0.29) is 6.54 Å². The summed E-state index contributed by atoms with van der Waals surface area (Å²) in [5.74, 6) is -0.890. The second kappa shape index (κ2) is 10.1. The first-order valence-corrected chi connectivity index (χ1v) is 6.61. The first-order chi connectivity index (χ1) is 10.7. The molecule has 0 fully saturated rings. The quantitative estimate of drug-likeness (QED) is 0.240. The number of amides is 2. The molecule has 0 aliphatic rings. The summed E-state index contributed by atoms with van der Waals surface area (Å²) in [7, 11) is 1.50. The van der Waals surface area contributed by atoms with E-state index in [1.165, 1.54) is 13.3 Å². The van der Waals surface area contributed by atoms with Crippen molar-refractivity contribution in [3.63, 3.8) is 0 Å². The van der Waals surface area contributed by atoms with Gasteiger partial charge in [0.15, 0.2) is 0 Å². The molecule has 0 aliphatic heterocycles. The molecule has 7 nitrogen and oxygen atoms in total. The van der Waals surface area contributed by atoms with Crippen molar-refractivity contribution >= 4 is 18.0 Å². The van der Waals surface area contributed by atoms with E-state index in [2.05, 4.69) is 22.4 Å². The first kappa shape index (κ1) is 17.4. The molecule has 0 saturated heterocycles. The van der Waals surface area contributed by atoms with Gasteiger partial charge in [0.2, 0.25) is 0 Å². The summed E-state index contributed by atoms with van der Waals surface area (Å²) in [6, 6.07) is 7.08. The number of hydrogen-bond acceptors (Lipinski definition) is 5. The van der Waals surface area contributed by atoms with E-state index in [9.17, 15) is 9.59 Å². The molecule has 0 spiro atoms. The summed E-state index contributed by atoms with van der Waals surface area (Å²) in [6.07, 6.45) is 3.08. The minimum atomic E-state index is -0.835.